The lowest BCUT2D eigenvalue weighted by atomic mass is 10.3. The van der Waals surface area contributed by atoms with Crippen molar-refractivity contribution < 1.29 is 18.1 Å². The number of hydrogen-bond donors (Lipinski definition) is 0. The first-order valence-corrected chi connectivity index (χ1v) is 19.2. The molecule has 5 nitrogen and oxygen atoms in total. The van der Waals surface area contributed by atoms with Gasteiger partial charge in [0.25, 0.3) is 8.32 Å². The topological polar surface area (TPSA) is 48.0 Å². The Balaban J connectivity index is 4.83. The van der Waals surface area contributed by atoms with Gasteiger partial charge in [0.05, 0.1) is 0 Å². The normalized spacial score (nSPS) is 14.7. The summed E-state index contributed by atoms with van der Waals surface area (Å²) in [5.41, 5.74) is 0. The van der Waals surface area contributed by atoms with E-state index in [9.17, 15) is 4.79 Å². The van der Waals surface area contributed by atoms with Gasteiger partial charge in [-0.2, -0.15) is 0 Å². The summed E-state index contributed by atoms with van der Waals surface area (Å²) < 4.78 is 19.9. The van der Waals surface area contributed by atoms with Crippen LogP contribution in [0.1, 0.15) is 47.0 Å². The quantitative estimate of drug-likeness (QED) is 0.241. The van der Waals surface area contributed by atoms with Gasteiger partial charge in [0.2, 0.25) is 0 Å². The predicted molar refractivity (Wildman–Crippen MR) is 123 cm³/mol. The van der Waals surface area contributed by atoms with Gasteiger partial charge in [-0.05, 0) is 50.0 Å². The minimum Gasteiger partial charge on any atom is -0.504 e. The van der Waals surface area contributed by atoms with Gasteiger partial charge >= 0.3 is 14.7 Å². The molecule has 0 bridgehead atoms. The highest BCUT2D eigenvalue weighted by Gasteiger charge is 2.38. The first kappa shape index (κ1) is 26.8. The molecule has 1 atom stereocenters. The first-order chi connectivity index (χ1) is 12.5. The maximum Gasteiger partial charge on any atom is 0.388 e. The van der Waals surface area contributed by atoms with Gasteiger partial charge in [0.1, 0.15) is 0 Å². The summed E-state index contributed by atoms with van der Waals surface area (Å²) in [5.74, 6) is 0. The molecule has 0 rings (SSSR count). The van der Waals surface area contributed by atoms with Crippen LogP contribution < -0.4 is 0 Å². The zero-order valence-electron chi connectivity index (χ0n) is 19.4. The van der Waals surface area contributed by atoms with Crippen LogP contribution in [0.15, 0.2) is 0 Å². The molecular formula is C19H45NO4Si3. The first-order valence-electron chi connectivity index (χ1n) is 10.7. The third-order valence-electron chi connectivity index (χ3n) is 5.57. The third-order valence-corrected chi connectivity index (χ3v) is 15.0. The van der Waals surface area contributed by atoms with Gasteiger partial charge in [-0.1, -0.05) is 47.3 Å². The standard InChI is InChI=1S/C19H45NO4Si3/c1-10-17-23-26(9,22-5)18-15-14-16-20(25(6,7)8)19(21)24-27(11-2,12-3)13-4/h10-18H2,1-9H3. The van der Waals surface area contributed by atoms with Crippen molar-refractivity contribution in [3.05, 3.63) is 0 Å². The van der Waals surface area contributed by atoms with Crippen molar-refractivity contribution in [2.45, 2.75) is 97.3 Å². The zero-order valence-corrected chi connectivity index (χ0v) is 22.4. The van der Waals surface area contributed by atoms with Crippen molar-refractivity contribution in [1.29, 1.82) is 0 Å². The molecule has 0 aromatic carbocycles. The van der Waals surface area contributed by atoms with Gasteiger partial charge in [0.15, 0.2) is 8.24 Å². The predicted octanol–water partition coefficient (Wildman–Crippen LogP) is 6.19. The minimum absolute atomic E-state index is 0.0691. The van der Waals surface area contributed by atoms with Crippen LogP contribution in [-0.4, -0.2) is 56.0 Å². The Labute approximate surface area is 171 Å². The molecule has 0 aromatic rings. The SMILES string of the molecule is CCCO[Si](C)(CCCCN(C(=O)O[Si](CC)(CC)CC)[Si](C)(C)C)OC. The van der Waals surface area contributed by atoms with Crippen molar-refractivity contribution in [1.82, 2.24) is 4.57 Å². The summed E-state index contributed by atoms with van der Waals surface area (Å²) >= 11 is 0. The molecule has 0 N–H and O–H groups in total. The summed E-state index contributed by atoms with van der Waals surface area (Å²) in [6.07, 6.45) is 2.94. The highest BCUT2D eigenvalue weighted by atomic mass is 28.4. The molecule has 0 aliphatic heterocycles. The molecule has 0 fully saturated rings. The number of amides is 1. The van der Waals surface area contributed by atoms with Crippen LogP contribution in [-0.2, 0) is 13.3 Å². The summed E-state index contributed by atoms with van der Waals surface area (Å²) in [5, 5.41) is 0. The Kier molecular flexibility index (Phi) is 12.3. The fraction of sp³-hybridized carbons (Fsp3) is 0.947. The van der Waals surface area contributed by atoms with Crippen LogP contribution in [0.4, 0.5) is 4.79 Å². The van der Waals surface area contributed by atoms with E-state index in [0.29, 0.717) is 0 Å². The summed E-state index contributed by atoms with van der Waals surface area (Å²) in [6.45, 7) is 19.0. The maximum absolute atomic E-state index is 13.0. The molecule has 162 valence electrons. The lowest BCUT2D eigenvalue weighted by Gasteiger charge is -2.38. The fourth-order valence-electron chi connectivity index (χ4n) is 3.17. The molecule has 0 spiro atoms. The molecule has 1 unspecified atom stereocenters. The Bertz CT molecular complexity index is 419. The Morgan fingerprint density at radius 3 is 1.89 bits per heavy atom. The van der Waals surface area contributed by atoms with E-state index >= 15 is 0 Å². The molecular weight excluding hydrogens is 390 g/mol. The van der Waals surface area contributed by atoms with E-state index in [0.717, 1.165) is 56.6 Å². The second-order valence-corrected chi connectivity index (χ2v) is 21.6. The molecule has 0 saturated carbocycles. The van der Waals surface area contributed by atoms with Crippen molar-refractivity contribution in [3.63, 3.8) is 0 Å². The van der Waals surface area contributed by atoms with Gasteiger partial charge in [-0.3, -0.25) is 0 Å². The smallest absolute Gasteiger partial charge is 0.388 e. The monoisotopic (exact) mass is 435 g/mol. The van der Waals surface area contributed by atoms with E-state index in [1.807, 2.05) is 4.57 Å². The van der Waals surface area contributed by atoms with Crippen LogP contribution >= 0.6 is 0 Å². The van der Waals surface area contributed by atoms with Crippen LogP contribution in [0.3, 0.4) is 0 Å². The molecule has 0 radical (unpaired) electrons. The molecule has 0 heterocycles. The van der Waals surface area contributed by atoms with Crippen LogP contribution in [0, 0.1) is 0 Å². The number of carbonyl (C=O) groups is 1. The van der Waals surface area contributed by atoms with Crippen LogP contribution in [0.25, 0.3) is 0 Å². The molecule has 1 amide bonds. The number of hydrogen-bond acceptors (Lipinski definition) is 4. The second kappa shape index (κ2) is 12.4. The Hall–Kier alpha value is -0.159. The lowest BCUT2D eigenvalue weighted by molar-refractivity contribution is 0.172. The van der Waals surface area contributed by atoms with E-state index in [2.05, 4.69) is 53.9 Å². The van der Waals surface area contributed by atoms with Gasteiger partial charge in [-0.25, -0.2) is 4.79 Å². The van der Waals surface area contributed by atoms with Crippen molar-refractivity contribution >= 4 is 31.2 Å². The lowest BCUT2D eigenvalue weighted by Crippen LogP contribution is -2.53. The summed E-state index contributed by atoms with van der Waals surface area (Å²) in [6, 6.07) is 3.96. The Morgan fingerprint density at radius 2 is 1.48 bits per heavy atom. The fourth-order valence-corrected chi connectivity index (χ4v) is 9.10. The van der Waals surface area contributed by atoms with E-state index in [-0.39, 0.29) is 6.09 Å². The number of rotatable bonds is 14. The minimum atomic E-state index is -2.06. The Morgan fingerprint density at radius 1 is 0.926 bits per heavy atom. The van der Waals surface area contributed by atoms with Crippen molar-refractivity contribution in [3.8, 4) is 0 Å². The van der Waals surface area contributed by atoms with Gasteiger partial charge < -0.3 is 17.8 Å². The highest BCUT2D eigenvalue weighted by Crippen LogP contribution is 2.25. The molecule has 0 aromatic heterocycles. The molecule has 27 heavy (non-hydrogen) atoms. The van der Waals surface area contributed by atoms with Gasteiger partial charge in [0, 0.05) is 20.3 Å². The van der Waals surface area contributed by atoms with Crippen LogP contribution in [0.5, 0.6) is 0 Å². The maximum atomic E-state index is 13.0. The van der Waals surface area contributed by atoms with E-state index in [1.165, 1.54) is 0 Å². The summed E-state index contributed by atoms with van der Waals surface area (Å²) in [4.78, 5) is 13.0. The molecule has 0 saturated heterocycles. The number of carbonyl (C=O) groups excluding carboxylic acids is 1. The molecule has 0 aliphatic carbocycles. The second-order valence-electron chi connectivity index (χ2n) is 8.58. The third kappa shape index (κ3) is 9.25. The summed E-state index contributed by atoms with van der Waals surface area (Å²) in [7, 11) is -4.00. The average molecular weight is 436 g/mol. The average Bonchev–Trinajstić information content (AvgIpc) is 2.63. The van der Waals surface area contributed by atoms with E-state index < -0.39 is 25.1 Å². The van der Waals surface area contributed by atoms with Gasteiger partial charge in [-0.15, -0.1) is 0 Å². The van der Waals surface area contributed by atoms with Crippen molar-refractivity contribution in [2.24, 2.45) is 0 Å². The highest BCUT2D eigenvalue weighted by molar-refractivity contribution is 6.77. The molecule has 0 aliphatic rings. The largest absolute Gasteiger partial charge is 0.504 e. The van der Waals surface area contributed by atoms with E-state index in [4.69, 9.17) is 13.3 Å². The molecule has 8 heteroatoms. The number of nitrogens with zero attached hydrogens (tertiary/aromatic N) is 1. The van der Waals surface area contributed by atoms with E-state index in [1.54, 1.807) is 7.11 Å². The van der Waals surface area contributed by atoms with Crippen molar-refractivity contribution in [2.75, 3.05) is 20.3 Å². The van der Waals surface area contributed by atoms with Crippen LogP contribution in [0.2, 0.25) is 50.4 Å². The number of unbranched alkanes of at least 4 members (excludes halogenated alkanes) is 1. The zero-order chi connectivity index (χ0) is 21.1.